The molecule has 4 heteroatoms. The lowest BCUT2D eigenvalue weighted by atomic mass is 9.67. The first kappa shape index (κ1) is 28.3. The van der Waals surface area contributed by atoms with Crippen LogP contribution >= 0.6 is 0 Å². The quantitative estimate of drug-likeness (QED) is 0.197. The van der Waals surface area contributed by atoms with E-state index in [0.717, 1.165) is 51.4 Å². The van der Waals surface area contributed by atoms with Crippen molar-refractivity contribution < 1.29 is 0 Å². The Bertz CT molecular complexity index is 2390. The molecule has 0 unspecified atom stereocenters. The molecule has 0 atom stereocenters. The SMILES string of the molecule is N#Cc1ccc2c(c1)C1(CCCCC1)c1cccc(-c3ccccc3-c3nc(-c4ccccc4)nc(-c4cccc5ccccc45)n3)c1-2. The third-order valence-corrected chi connectivity index (χ3v) is 10.4. The van der Waals surface area contributed by atoms with Crippen molar-refractivity contribution in [1.29, 1.82) is 5.26 Å². The summed E-state index contributed by atoms with van der Waals surface area (Å²) in [6.45, 7) is 0. The van der Waals surface area contributed by atoms with Crippen LogP contribution in [0.5, 0.6) is 0 Å². The summed E-state index contributed by atoms with van der Waals surface area (Å²) >= 11 is 0. The lowest BCUT2D eigenvalue weighted by molar-refractivity contribution is 0.353. The predicted molar refractivity (Wildman–Crippen MR) is 193 cm³/mol. The fourth-order valence-electron chi connectivity index (χ4n) is 8.20. The Labute approximate surface area is 280 Å². The topological polar surface area (TPSA) is 62.5 Å². The molecule has 0 radical (unpaired) electrons. The number of benzene rings is 6. The van der Waals surface area contributed by atoms with Crippen LogP contribution in [0.1, 0.15) is 48.8 Å². The van der Waals surface area contributed by atoms with Gasteiger partial charge in [-0.05, 0) is 69.1 Å². The Morgan fingerprint density at radius 3 is 1.98 bits per heavy atom. The van der Waals surface area contributed by atoms with E-state index in [9.17, 15) is 5.26 Å². The van der Waals surface area contributed by atoms with Gasteiger partial charge < -0.3 is 0 Å². The van der Waals surface area contributed by atoms with Crippen LogP contribution in [0.3, 0.4) is 0 Å². The number of hydrogen-bond donors (Lipinski definition) is 0. The average Bonchev–Trinajstić information content (AvgIpc) is 3.43. The third kappa shape index (κ3) is 4.47. The minimum atomic E-state index is -0.0596. The summed E-state index contributed by atoms with van der Waals surface area (Å²) in [7, 11) is 0. The van der Waals surface area contributed by atoms with Gasteiger partial charge in [-0.3, -0.25) is 0 Å². The van der Waals surface area contributed by atoms with Gasteiger partial charge in [0, 0.05) is 22.1 Å². The second kappa shape index (κ2) is 11.4. The van der Waals surface area contributed by atoms with Gasteiger partial charge in [0.15, 0.2) is 17.5 Å². The predicted octanol–water partition coefficient (Wildman–Crippen LogP) is 10.8. The summed E-state index contributed by atoms with van der Waals surface area (Å²) in [5.41, 5.74) is 11.0. The smallest absolute Gasteiger partial charge is 0.164 e. The standard InChI is InChI=1S/C44H32N4/c45-28-29-23-24-37-39(27-29)44(25-9-2-10-26-44)38-22-12-20-34(40(37)38)33-18-7-8-19-36(33)43-47-41(31-14-3-1-4-15-31)46-42(48-43)35-21-11-16-30-13-5-6-17-32(30)35/h1,3-8,11-24,27H,2,9-10,25-26H2. The monoisotopic (exact) mass is 616 g/mol. The van der Waals surface area contributed by atoms with E-state index < -0.39 is 0 Å². The molecular formula is C44H32N4. The first-order chi connectivity index (χ1) is 23.7. The van der Waals surface area contributed by atoms with Crippen LogP contribution in [0.2, 0.25) is 0 Å². The van der Waals surface area contributed by atoms with Gasteiger partial charge in [0.1, 0.15) is 0 Å². The highest BCUT2D eigenvalue weighted by molar-refractivity contribution is 5.98. The van der Waals surface area contributed by atoms with Crippen LogP contribution in [-0.2, 0) is 5.41 Å². The van der Waals surface area contributed by atoms with Crippen molar-refractivity contribution in [3.05, 3.63) is 150 Å². The van der Waals surface area contributed by atoms with E-state index in [0.29, 0.717) is 17.5 Å². The van der Waals surface area contributed by atoms with Gasteiger partial charge in [0.25, 0.3) is 0 Å². The van der Waals surface area contributed by atoms with E-state index in [-0.39, 0.29) is 5.41 Å². The molecule has 4 nitrogen and oxygen atoms in total. The zero-order valence-corrected chi connectivity index (χ0v) is 26.5. The number of rotatable bonds is 4. The first-order valence-corrected chi connectivity index (χ1v) is 16.8. The van der Waals surface area contributed by atoms with Gasteiger partial charge in [-0.1, -0.05) is 141 Å². The van der Waals surface area contributed by atoms with Crippen LogP contribution in [0.4, 0.5) is 0 Å². The summed E-state index contributed by atoms with van der Waals surface area (Å²) < 4.78 is 0. The van der Waals surface area contributed by atoms with Crippen LogP contribution in [0.15, 0.2) is 133 Å². The van der Waals surface area contributed by atoms with E-state index in [4.69, 9.17) is 15.0 Å². The van der Waals surface area contributed by atoms with E-state index in [1.807, 2.05) is 24.3 Å². The lowest BCUT2D eigenvalue weighted by Gasteiger charge is -2.36. The lowest BCUT2D eigenvalue weighted by Crippen LogP contribution is -2.28. The van der Waals surface area contributed by atoms with Crippen LogP contribution in [0.25, 0.3) is 67.2 Å². The van der Waals surface area contributed by atoms with Crippen molar-refractivity contribution in [2.45, 2.75) is 37.5 Å². The van der Waals surface area contributed by atoms with Gasteiger partial charge >= 0.3 is 0 Å². The molecule has 1 saturated carbocycles. The van der Waals surface area contributed by atoms with Crippen LogP contribution < -0.4 is 0 Å². The normalized spacial score (nSPS) is 14.4. The summed E-state index contributed by atoms with van der Waals surface area (Å²) in [5.74, 6) is 1.94. The molecule has 0 saturated heterocycles. The van der Waals surface area contributed by atoms with Gasteiger partial charge in [-0.25, -0.2) is 15.0 Å². The Morgan fingerprint density at radius 2 is 1.15 bits per heavy atom. The molecule has 0 bridgehead atoms. The summed E-state index contributed by atoms with van der Waals surface area (Å²) in [4.78, 5) is 15.4. The Balaban J connectivity index is 1.29. The molecule has 1 fully saturated rings. The molecule has 6 aromatic carbocycles. The molecule has 7 aromatic rings. The highest BCUT2D eigenvalue weighted by Gasteiger charge is 2.44. The van der Waals surface area contributed by atoms with Gasteiger partial charge in [-0.15, -0.1) is 0 Å². The molecule has 228 valence electrons. The molecule has 2 aliphatic rings. The minimum absolute atomic E-state index is 0.0596. The molecule has 48 heavy (non-hydrogen) atoms. The molecule has 2 aliphatic carbocycles. The fraction of sp³-hybridized carbons (Fsp3) is 0.136. The average molecular weight is 617 g/mol. The first-order valence-electron chi connectivity index (χ1n) is 16.8. The molecule has 0 amide bonds. The molecule has 1 heterocycles. The molecule has 1 spiro atoms. The number of fused-ring (bicyclic) bond motifs is 6. The van der Waals surface area contributed by atoms with E-state index in [2.05, 4.69) is 115 Å². The van der Waals surface area contributed by atoms with Crippen molar-refractivity contribution in [2.75, 3.05) is 0 Å². The minimum Gasteiger partial charge on any atom is -0.208 e. The number of hydrogen-bond acceptors (Lipinski definition) is 4. The summed E-state index contributed by atoms with van der Waals surface area (Å²) in [6, 6.07) is 48.9. The van der Waals surface area contributed by atoms with Crippen LogP contribution in [-0.4, -0.2) is 15.0 Å². The van der Waals surface area contributed by atoms with Crippen molar-refractivity contribution in [3.8, 4) is 62.5 Å². The Hall–Kier alpha value is -5.92. The van der Waals surface area contributed by atoms with E-state index in [1.54, 1.807) is 0 Å². The maximum Gasteiger partial charge on any atom is 0.164 e. The molecule has 0 aliphatic heterocycles. The summed E-state index contributed by atoms with van der Waals surface area (Å²) in [5, 5.41) is 12.1. The van der Waals surface area contributed by atoms with E-state index >= 15 is 0 Å². The molecular weight excluding hydrogens is 585 g/mol. The summed E-state index contributed by atoms with van der Waals surface area (Å²) in [6.07, 6.45) is 5.86. The number of nitrogens with zero attached hydrogens (tertiary/aromatic N) is 4. The third-order valence-electron chi connectivity index (χ3n) is 10.4. The maximum atomic E-state index is 9.87. The molecule has 9 rings (SSSR count). The zero-order valence-electron chi connectivity index (χ0n) is 26.5. The van der Waals surface area contributed by atoms with Crippen molar-refractivity contribution in [1.82, 2.24) is 15.0 Å². The van der Waals surface area contributed by atoms with Crippen molar-refractivity contribution >= 4 is 10.8 Å². The molecule has 0 N–H and O–H groups in total. The highest BCUT2D eigenvalue weighted by Crippen LogP contribution is 2.58. The van der Waals surface area contributed by atoms with Crippen LogP contribution in [0, 0.1) is 11.3 Å². The second-order valence-corrected chi connectivity index (χ2v) is 13.0. The van der Waals surface area contributed by atoms with Gasteiger partial charge in [-0.2, -0.15) is 5.26 Å². The number of nitriles is 1. The second-order valence-electron chi connectivity index (χ2n) is 13.0. The van der Waals surface area contributed by atoms with Crippen molar-refractivity contribution in [2.24, 2.45) is 0 Å². The maximum absolute atomic E-state index is 9.87. The molecule has 1 aromatic heterocycles. The van der Waals surface area contributed by atoms with E-state index in [1.165, 1.54) is 47.1 Å². The Kier molecular flexibility index (Phi) is 6.73. The van der Waals surface area contributed by atoms with Gasteiger partial charge in [0.05, 0.1) is 11.6 Å². The Morgan fingerprint density at radius 1 is 0.500 bits per heavy atom. The van der Waals surface area contributed by atoms with Crippen molar-refractivity contribution in [3.63, 3.8) is 0 Å². The highest BCUT2D eigenvalue weighted by atomic mass is 15.0. The largest absolute Gasteiger partial charge is 0.208 e. The number of aromatic nitrogens is 3. The zero-order chi connectivity index (χ0) is 32.1. The fourth-order valence-corrected chi connectivity index (χ4v) is 8.20. The van der Waals surface area contributed by atoms with Gasteiger partial charge in [0.2, 0.25) is 0 Å².